The first kappa shape index (κ1) is 12.4. The molecule has 17 heavy (non-hydrogen) atoms. The highest BCUT2D eigenvalue weighted by Crippen LogP contribution is 2.25. The molecule has 1 saturated heterocycles. The molecule has 2 rings (SSSR count). The predicted molar refractivity (Wildman–Crippen MR) is 65.4 cm³/mol. The molecular formula is C12H20N4O. The zero-order valence-corrected chi connectivity index (χ0v) is 10.2. The Balaban J connectivity index is 2.01. The summed E-state index contributed by atoms with van der Waals surface area (Å²) >= 11 is 0. The van der Waals surface area contributed by atoms with E-state index in [0.29, 0.717) is 12.5 Å². The molecule has 1 aliphatic heterocycles. The van der Waals surface area contributed by atoms with Gasteiger partial charge in [-0.2, -0.15) is 0 Å². The molecule has 0 aromatic carbocycles. The molecule has 0 aliphatic carbocycles. The number of methoxy groups -OCH3 is 1. The number of hydrogen-bond acceptors (Lipinski definition) is 5. The molecule has 0 spiro atoms. The van der Waals surface area contributed by atoms with Crippen molar-refractivity contribution >= 4 is 0 Å². The molecule has 0 saturated carbocycles. The Bertz CT molecular complexity index is 333. The van der Waals surface area contributed by atoms with Crippen molar-refractivity contribution in [1.29, 1.82) is 0 Å². The van der Waals surface area contributed by atoms with Crippen molar-refractivity contribution in [2.45, 2.75) is 12.5 Å². The zero-order chi connectivity index (χ0) is 12.1. The van der Waals surface area contributed by atoms with Gasteiger partial charge in [-0.25, -0.2) is 9.97 Å². The summed E-state index contributed by atoms with van der Waals surface area (Å²) in [6, 6.07) is 2.15. The topological polar surface area (TPSA) is 64.3 Å². The van der Waals surface area contributed by atoms with Crippen LogP contribution in [-0.2, 0) is 4.74 Å². The summed E-state index contributed by atoms with van der Waals surface area (Å²) in [5.41, 5.74) is 6.89. The SMILES string of the molecule is COCC1CCN(C(CN)c2ccncn2)C1. The summed E-state index contributed by atoms with van der Waals surface area (Å²) in [5, 5.41) is 0. The first-order valence-electron chi connectivity index (χ1n) is 6.04. The normalized spacial score (nSPS) is 22.8. The monoisotopic (exact) mass is 236 g/mol. The third kappa shape index (κ3) is 3.00. The van der Waals surface area contributed by atoms with Crippen LogP contribution < -0.4 is 5.73 Å². The molecule has 5 nitrogen and oxygen atoms in total. The lowest BCUT2D eigenvalue weighted by Crippen LogP contribution is -2.33. The van der Waals surface area contributed by atoms with Gasteiger partial charge >= 0.3 is 0 Å². The lowest BCUT2D eigenvalue weighted by atomic mass is 10.1. The molecule has 2 heterocycles. The van der Waals surface area contributed by atoms with Crippen molar-refractivity contribution in [2.75, 3.05) is 33.4 Å². The standard InChI is InChI=1S/C12H20N4O/c1-17-8-10-3-5-16(7-10)12(6-13)11-2-4-14-9-15-11/h2,4,9-10,12H,3,5-8,13H2,1H3. The van der Waals surface area contributed by atoms with E-state index in [2.05, 4.69) is 14.9 Å². The highest BCUT2D eigenvalue weighted by Gasteiger charge is 2.28. The first-order valence-corrected chi connectivity index (χ1v) is 6.04. The Morgan fingerprint density at radius 1 is 1.65 bits per heavy atom. The van der Waals surface area contributed by atoms with Crippen LogP contribution in [0.5, 0.6) is 0 Å². The number of likely N-dealkylation sites (tertiary alicyclic amines) is 1. The minimum atomic E-state index is 0.208. The van der Waals surface area contributed by atoms with Crippen LogP contribution in [0, 0.1) is 5.92 Å². The summed E-state index contributed by atoms with van der Waals surface area (Å²) in [7, 11) is 1.76. The van der Waals surface area contributed by atoms with Gasteiger partial charge in [-0.15, -0.1) is 0 Å². The van der Waals surface area contributed by atoms with Crippen molar-refractivity contribution in [1.82, 2.24) is 14.9 Å². The number of nitrogens with zero attached hydrogens (tertiary/aromatic N) is 3. The molecule has 2 unspecified atom stereocenters. The van der Waals surface area contributed by atoms with Crippen molar-refractivity contribution in [3.8, 4) is 0 Å². The Hall–Kier alpha value is -1.04. The second kappa shape index (κ2) is 6.05. The summed E-state index contributed by atoms with van der Waals surface area (Å²) in [6.07, 6.45) is 4.53. The second-order valence-corrected chi connectivity index (χ2v) is 4.49. The smallest absolute Gasteiger partial charge is 0.115 e. The Kier molecular flexibility index (Phi) is 4.42. The molecule has 0 radical (unpaired) electrons. The van der Waals surface area contributed by atoms with Gasteiger partial charge in [0.25, 0.3) is 0 Å². The molecular weight excluding hydrogens is 216 g/mol. The summed E-state index contributed by atoms with van der Waals surface area (Å²) < 4.78 is 5.21. The predicted octanol–water partition coefficient (Wildman–Crippen LogP) is 0.445. The maximum atomic E-state index is 5.87. The molecule has 5 heteroatoms. The first-order chi connectivity index (χ1) is 8.35. The number of nitrogens with two attached hydrogens (primary N) is 1. The zero-order valence-electron chi connectivity index (χ0n) is 10.2. The molecule has 0 bridgehead atoms. The Labute approximate surface area is 102 Å². The summed E-state index contributed by atoms with van der Waals surface area (Å²) in [4.78, 5) is 10.6. The van der Waals surface area contributed by atoms with E-state index < -0.39 is 0 Å². The van der Waals surface area contributed by atoms with Gasteiger partial charge < -0.3 is 10.5 Å². The molecule has 1 aromatic heterocycles. The number of hydrogen-bond donors (Lipinski definition) is 1. The maximum absolute atomic E-state index is 5.87. The van der Waals surface area contributed by atoms with Crippen LogP contribution in [-0.4, -0.2) is 48.2 Å². The van der Waals surface area contributed by atoms with Crippen molar-refractivity contribution < 1.29 is 4.74 Å². The van der Waals surface area contributed by atoms with Gasteiger partial charge in [-0.3, -0.25) is 4.90 Å². The Morgan fingerprint density at radius 3 is 3.18 bits per heavy atom. The minimum absolute atomic E-state index is 0.208. The fourth-order valence-electron chi connectivity index (χ4n) is 2.47. The second-order valence-electron chi connectivity index (χ2n) is 4.49. The number of ether oxygens (including phenoxy) is 1. The maximum Gasteiger partial charge on any atom is 0.115 e. The molecule has 2 atom stereocenters. The van der Waals surface area contributed by atoms with Crippen molar-refractivity contribution in [3.05, 3.63) is 24.3 Å². The lowest BCUT2D eigenvalue weighted by Gasteiger charge is -2.26. The molecule has 0 amide bonds. The van der Waals surface area contributed by atoms with Crippen LogP contribution in [0.25, 0.3) is 0 Å². The molecule has 2 N–H and O–H groups in total. The molecule has 1 fully saturated rings. The van der Waals surface area contributed by atoms with E-state index in [0.717, 1.165) is 25.4 Å². The largest absolute Gasteiger partial charge is 0.384 e. The van der Waals surface area contributed by atoms with E-state index in [1.54, 1.807) is 19.6 Å². The van der Waals surface area contributed by atoms with E-state index in [1.807, 2.05) is 6.07 Å². The summed E-state index contributed by atoms with van der Waals surface area (Å²) in [6.45, 7) is 3.54. The van der Waals surface area contributed by atoms with Crippen LogP contribution >= 0.6 is 0 Å². The van der Waals surface area contributed by atoms with Crippen molar-refractivity contribution in [3.63, 3.8) is 0 Å². The van der Waals surface area contributed by atoms with E-state index in [1.165, 1.54) is 6.42 Å². The van der Waals surface area contributed by atoms with Gasteiger partial charge in [0.15, 0.2) is 0 Å². The molecule has 1 aliphatic rings. The van der Waals surface area contributed by atoms with Crippen LogP contribution in [0.1, 0.15) is 18.2 Å². The van der Waals surface area contributed by atoms with Crippen LogP contribution in [0.15, 0.2) is 18.6 Å². The van der Waals surface area contributed by atoms with Crippen molar-refractivity contribution in [2.24, 2.45) is 11.7 Å². The average molecular weight is 236 g/mol. The van der Waals surface area contributed by atoms with Gasteiger partial charge in [0.2, 0.25) is 0 Å². The van der Waals surface area contributed by atoms with Crippen LogP contribution in [0.2, 0.25) is 0 Å². The molecule has 94 valence electrons. The van der Waals surface area contributed by atoms with Crippen LogP contribution in [0.3, 0.4) is 0 Å². The third-order valence-corrected chi connectivity index (χ3v) is 3.33. The van der Waals surface area contributed by atoms with Crippen LogP contribution in [0.4, 0.5) is 0 Å². The highest BCUT2D eigenvalue weighted by atomic mass is 16.5. The summed E-state index contributed by atoms with van der Waals surface area (Å²) in [5.74, 6) is 0.621. The van der Waals surface area contributed by atoms with Gasteiger partial charge in [-0.1, -0.05) is 0 Å². The van der Waals surface area contributed by atoms with Gasteiger partial charge in [-0.05, 0) is 24.9 Å². The van der Waals surface area contributed by atoms with E-state index in [9.17, 15) is 0 Å². The van der Waals surface area contributed by atoms with Gasteiger partial charge in [0.1, 0.15) is 6.33 Å². The third-order valence-electron chi connectivity index (χ3n) is 3.33. The fourth-order valence-corrected chi connectivity index (χ4v) is 2.47. The quantitative estimate of drug-likeness (QED) is 0.804. The lowest BCUT2D eigenvalue weighted by molar-refractivity contribution is 0.147. The van der Waals surface area contributed by atoms with E-state index in [-0.39, 0.29) is 6.04 Å². The highest BCUT2D eigenvalue weighted by molar-refractivity contribution is 5.06. The van der Waals surface area contributed by atoms with Gasteiger partial charge in [0, 0.05) is 26.4 Å². The van der Waals surface area contributed by atoms with Gasteiger partial charge in [0.05, 0.1) is 18.3 Å². The average Bonchev–Trinajstić information content (AvgIpc) is 2.81. The fraction of sp³-hybridized carbons (Fsp3) is 0.667. The minimum Gasteiger partial charge on any atom is -0.384 e. The van der Waals surface area contributed by atoms with E-state index in [4.69, 9.17) is 10.5 Å². The Morgan fingerprint density at radius 2 is 2.53 bits per heavy atom. The number of rotatable bonds is 5. The van der Waals surface area contributed by atoms with E-state index >= 15 is 0 Å². The molecule has 1 aromatic rings. The number of aromatic nitrogens is 2.